The minimum absolute atomic E-state index is 0.822. The molecule has 0 aliphatic carbocycles. The van der Waals surface area contributed by atoms with Gasteiger partial charge in [-0.15, -0.1) is 0 Å². The monoisotopic (exact) mass is 336 g/mol. The van der Waals surface area contributed by atoms with Gasteiger partial charge in [0.1, 0.15) is 0 Å². The van der Waals surface area contributed by atoms with Crippen molar-refractivity contribution >= 4 is 42.6 Å². The number of aromatic nitrogens is 3. The summed E-state index contributed by atoms with van der Waals surface area (Å²) in [4.78, 5) is 4.55. The number of fused-ring (bicyclic) bond motifs is 1. The maximum Gasteiger partial charge on any atom is 0.183 e. The van der Waals surface area contributed by atoms with Crippen LogP contribution in [0.3, 0.4) is 0 Å². The average molecular weight is 337 g/mol. The van der Waals surface area contributed by atoms with Crippen LogP contribution in [0.25, 0.3) is 10.2 Å². The van der Waals surface area contributed by atoms with Crippen LogP contribution < -0.4 is 5.32 Å². The van der Waals surface area contributed by atoms with Gasteiger partial charge in [0.15, 0.2) is 5.13 Å². The molecule has 0 radical (unpaired) electrons. The second-order valence-corrected chi connectivity index (χ2v) is 6.28. The highest BCUT2D eigenvalue weighted by atomic mass is 79.9. The van der Waals surface area contributed by atoms with Crippen molar-refractivity contribution in [3.63, 3.8) is 0 Å². The fraction of sp³-hybridized carbons (Fsp3) is 0.231. The van der Waals surface area contributed by atoms with E-state index < -0.39 is 0 Å². The number of rotatable bonds is 4. The van der Waals surface area contributed by atoms with E-state index in [1.54, 1.807) is 11.3 Å². The van der Waals surface area contributed by atoms with E-state index in [1.807, 2.05) is 36.1 Å². The van der Waals surface area contributed by atoms with Gasteiger partial charge in [-0.05, 0) is 30.7 Å². The third kappa shape index (κ3) is 2.96. The van der Waals surface area contributed by atoms with Crippen LogP contribution in [0.5, 0.6) is 0 Å². The largest absolute Gasteiger partial charge is 0.360 e. The molecule has 0 amide bonds. The Labute approximate surface area is 123 Å². The quantitative estimate of drug-likeness (QED) is 0.790. The molecule has 1 N–H and O–H groups in total. The summed E-state index contributed by atoms with van der Waals surface area (Å²) in [5, 5.41) is 8.55. The molecule has 3 rings (SSSR count). The Balaban J connectivity index is 1.65. The highest BCUT2D eigenvalue weighted by molar-refractivity contribution is 9.10. The first-order chi connectivity index (χ1) is 9.20. The van der Waals surface area contributed by atoms with Gasteiger partial charge in [0.25, 0.3) is 0 Å². The van der Waals surface area contributed by atoms with Crippen LogP contribution in [0.4, 0.5) is 5.13 Å². The van der Waals surface area contributed by atoms with Gasteiger partial charge in [0.05, 0.1) is 23.0 Å². The number of halogens is 1. The van der Waals surface area contributed by atoms with Crippen molar-refractivity contribution < 1.29 is 0 Å². The van der Waals surface area contributed by atoms with E-state index in [2.05, 4.69) is 37.4 Å². The Kier molecular flexibility index (Phi) is 3.52. The van der Waals surface area contributed by atoms with E-state index in [0.29, 0.717) is 0 Å². The van der Waals surface area contributed by atoms with Crippen molar-refractivity contribution in [3.8, 4) is 0 Å². The van der Waals surface area contributed by atoms with Gasteiger partial charge in [-0.1, -0.05) is 27.3 Å². The molecule has 0 spiro atoms. The molecule has 0 bridgehead atoms. The minimum Gasteiger partial charge on any atom is -0.360 e. The molecule has 2 aromatic heterocycles. The summed E-state index contributed by atoms with van der Waals surface area (Å²) in [5.41, 5.74) is 2.22. The summed E-state index contributed by atoms with van der Waals surface area (Å²) in [5.74, 6) is 0. The zero-order valence-electron chi connectivity index (χ0n) is 10.4. The Morgan fingerprint density at radius 3 is 3.11 bits per heavy atom. The van der Waals surface area contributed by atoms with Gasteiger partial charge in [0, 0.05) is 17.2 Å². The van der Waals surface area contributed by atoms with E-state index in [4.69, 9.17) is 0 Å². The topological polar surface area (TPSA) is 42.7 Å². The average Bonchev–Trinajstić information content (AvgIpc) is 2.95. The summed E-state index contributed by atoms with van der Waals surface area (Å²) in [6.07, 6.45) is 3.91. The summed E-state index contributed by atoms with van der Waals surface area (Å²) < 4.78 is 4.21. The van der Waals surface area contributed by atoms with Gasteiger partial charge in [0.2, 0.25) is 0 Å². The van der Waals surface area contributed by atoms with Crippen LogP contribution in [0, 0.1) is 6.92 Å². The standard InChI is InChI=1S/C13H13BrN4S/c1-9-7-16-18(8-9)5-4-15-13-17-11-3-2-10(14)6-12(11)19-13/h2-3,6-8H,4-5H2,1H3,(H,15,17). The highest BCUT2D eigenvalue weighted by Gasteiger charge is 2.03. The molecule has 19 heavy (non-hydrogen) atoms. The molecule has 0 aliphatic rings. The molecule has 0 fully saturated rings. The molecule has 0 unspecified atom stereocenters. The molecule has 0 aliphatic heterocycles. The number of benzene rings is 1. The molecule has 1 aromatic carbocycles. The molecule has 6 heteroatoms. The number of hydrogen-bond acceptors (Lipinski definition) is 4. The van der Waals surface area contributed by atoms with Gasteiger partial charge in [-0.2, -0.15) is 5.10 Å². The molecule has 2 heterocycles. The summed E-state index contributed by atoms with van der Waals surface area (Å²) >= 11 is 5.14. The minimum atomic E-state index is 0.822. The first-order valence-corrected chi connectivity index (χ1v) is 7.61. The zero-order chi connectivity index (χ0) is 13.2. The Morgan fingerprint density at radius 1 is 1.42 bits per heavy atom. The summed E-state index contributed by atoms with van der Waals surface area (Å²) in [7, 11) is 0. The lowest BCUT2D eigenvalue weighted by molar-refractivity contribution is 0.637. The Hall–Kier alpha value is -1.40. The van der Waals surface area contributed by atoms with Crippen molar-refractivity contribution in [1.82, 2.24) is 14.8 Å². The van der Waals surface area contributed by atoms with Crippen LogP contribution in [0.15, 0.2) is 35.1 Å². The molecule has 3 aromatic rings. The first-order valence-electron chi connectivity index (χ1n) is 6.00. The van der Waals surface area contributed by atoms with E-state index >= 15 is 0 Å². The van der Waals surface area contributed by atoms with E-state index in [9.17, 15) is 0 Å². The van der Waals surface area contributed by atoms with Crippen molar-refractivity contribution in [2.75, 3.05) is 11.9 Å². The number of thiazole rings is 1. The molecule has 0 saturated carbocycles. The molecule has 0 saturated heterocycles. The number of nitrogens with zero attached hydrogens (tertiary/aromatic N) is 3. The van der Waals surface area contributed by atoms with Crippen LogP contribution in [-0.2, 0) is 6.54 Å². The summed E-state index contributed by atoms with van der Waals surface area (Å²) in [6, 6.07) is 6.13. The van der Waals surface area contributed by atoms with Crippen LogP contribution >= 0.6 is 27.3 Å². The van der Waals surface area contributed by atoms with Gasteiger partial charge in [-0.3, -0.25) is 4.68 Å². The molecular weight excluding hydrogens is 324 g/mol. The van der Waals surface area contributed by atoms with Crippen LogP contribution in [-0.4, -0.2) is 21.3 Å². The van der Waals surface area contributed by atoms with E-state index in [1.165, 1.54) is 10.3 Å². The maximum absolute atomic E-state index is 4.55. The third-order valence-corrected chi connectivity index (χ3v) is 4.20. The molecule has 0 atom stereocenters. The number of anilines is 1. The fourth-order valence-corrected chi connectivity index (χ4v) is 3.28. The number of aryl methyl sites for hydroxylation is 1. The van der Waals surface area contributed by atoms with Crippen LogP contribution in [0.2, 0.25) is 0 Å². The van der Waals surface area contributed by atoms with Crippen molar-refractivity contribution in [1.29, 1.82) is 0 Å². The predicted molar refractivity (Wildman–Crippen MR) is 82.8 cm³/mol. The van der Waals surface area contributed by atoms with Gasteiger partial charge < -0.3 is 5.32 Å². The van der Waals surface area contributed by atoms with Crippen LogP contribution in [0.1, 0.15) is 5.56 Å². The lowest BCUT2D eigenvalue weighted by atomic mass is 10.3. The van der Waals surface area contributed by atoms with Crippen molar-refractivity contribution in [2.45, 2.75) is 13.5 Å². The maximum atomic E-state index is 4.55. The first kappa shape index (κ1) is 12.6. The zero-order valence-corrected chi connectivity index (χ0v) is 12.8. The molecular formula is C13H13BrN4S. The normalized spacial score (nSPS) is 11.1. The van der Waals surface area contributed by atoms with Crippen molar-refractivity contribution in [2.24, 2.45) is 0 Å². The number of hydrogen-bond donors (Lipinski definition) is 1. The van der Waals surface area contributed by atoms with Gasteiger partial charge >= 0.3 is 0 Å². The molecule has 4 nitrogen and oxygen atoms in total. The third-order valence-electron chi connectivity index (χ3n) is 2.73. The van der Waals surface area contributed by atoms with Gasteiger partial charge in [-0.25, -0.2) is 4.98 Å². The second-order valence-electron chi connectivity index (χ2n) is 4.34. The predicted octanol–water partition coefficient (Wildman–Crippen LogP) is 3.68. The smallest absolute Gasteiger partial charge is 0.183 e. The highest BCUT2D eigenvalue weighted by Crippen LogP contribution is 2.28. The lowest BCUT2D eigenvalue weighted by Gasteiger charge is -2.02. The SMILES string of the molecule is Cc1cnn(CCNc2nc3ccc(Br)cc3s2)c1. The Bertz CT molecular complexity index is 704. The van der Waals surface area contributed by atoms with E-state index in [-0.39, 0.29) is 0 Å². The van der Waals surface area contributed by atoms with E-state index in [0.717, 1.165) is 28.2 Å². The lowest BCUT2D eigenvalue weighted by Crippen LogP contribution is -2.10. The second kappa shape index (κ2) is 5.30. The fourth-order valence-electron chi connectivity index (χ4n) is 1.84. The number of nitrogens with one attached hydrogen (secondary N) is 1. The molecule has 98 valence electrons. The van der Waals surface area contributed by atoms with Crippen molar-refractivity contribution in [3.05, 3.63) is 40.6 Å². The summed E-state index contributed by atoms with van der Waals surface area (Å²) in [6.45, 7) is 3.71. The Morgan fingerprint density at radius 2 is 2.32 bits per heavy atom.